The lowest BCUT2D eigenvalue weighted by Crippen LogP contribution is -2.38. The Labute approximate surface area is 134 Å². The molecule has 1 aromatic carbocycles. The summed E-state index contributed by atoms with van der Waals surface area (Å²) < 4.78 is 17.0. The number of aromatic nitrogens is 3. The third-order valence-corrected chi connectivity index (χ3v) is 4.07. The fourth-order valence-corrected chi connectivity index (χ4v) is 2.95. The Morgan fingerprint density at radius 2 is 2.09 bits per heavy atom. The Bertz CT molecular complexity index is 688. The zero-order valence-corrected chi connectivity index (χ0v) is 13.1. The van der Waals surface area contributed by atoms with Crippen molar-refractivity contribution >= 4 is 0 Å². The van der Waals surface area contributed by atoms with Gasteiger partial charge in [0.1, 0.15) is 25.1 Å². The zero-order chi connectivity index (χ0) is 15.6. The topological polar surface area (TPSA) is 72.5 Å². The molecule has 0 saturated carbocycles. The molecular weight excluding hydrogens is 296 g/mol. The molecule has 0 bridgehead atoms. The van der Waals surface area contributed by atoms with Gasteiger partial charge in [-0.25, -0.2) is 4.98 Å². The highest BCUT2D eigenvalue weighted by molar-refractivity contribution is 5.43. The molecule has 7 heteroatoms. The van der Waals surface area contributed by atoms with Gasteiger partial charge in [-0.2, -0.15) is 5.10 Å². The highest BCUT2D eigenvalue weighted by atomic mass is 16.6. The molecule has 0 aliphatic carbocycles. The summed E-state index contributed by atoms with van der Waals surface area (Å²) in [6.07, 6.45) is -0.0779. The van der Waals surface area contributed by atoms with Crippen molar-refractivity contribution in [1.29, 1.82) is 0 Å². The molecular formula is C16H20N4O3. The van der Waals surface area contributed by atoms with Crippen LogP contribution in [0.2, 0.25) is 0 Å². The van der Waals surface area contributed by atoms with Crippen molar-refractivity contribution < 1.29 is 14.2 Å². The summed E-state index contributed by atoms with van der Waals surface area (Å²) >= 11 is 0. The van der Waals surface area contributed by atoms with Crippen LogP contribution in [0.1, 0.15) is 23.3 Å². The summed E-state index contributed by atoms with van der Waals surface area (Å²) in [5.41, 5.74) is 1.21. The van der Waals surface area contributed by atoms with E-state index in [2.05, 4.69) is 32.2 Å². The third kappa shape index (κ3) is 3.16. The molecule has 1 atom stereocenters. The Balaban J connectivity index is 1.44. The second kappa shape index (κ2) is 6.17. The molecule has 2 aliphatic heterocycles. The summed E-state index contributed by atoms with van der Waals surface area (Å²) in [5.74, 6) is 3.21. The number of hydrogen-bond acceptors (Lipinski definition) is 6. The Hall–Kier alpha value is -2.12. The van der Waals surface area contributed by atoms with Gasteiger partial charge in [-0.15, -0.1) is 0 Å². The summed E-state index contributed by atoms with van der Waals surface area (Å²) in [5, 5.41) is 7.09. The minimum absolute atomic E-state index is 0.0779. The maximum absolute atomic E-state index is 5.80. The van der Waals surface area contributed by atoms with Crippen LogP contribution >= 0.6 is 0 Å². The van der Waals surface area contributed by atoms with Gasteiger partial charge in [-0.3, -0.25) is 10.00 Å². The molecule has 23 heavy (non-hydrogen) atoms. The molecule has 1 fully saturated rings. The van der Waals surface area contributed by atoms with Crippen LogP contribution in [0, 0.1) is 6.92 Å². The van der Waals surface area contributed by atoms with Crippen LogP contribution in [0.5, 0.6) is 11.5 Å². The van der Waals surface area contributed by atoms with Gasteiger partial charge in [0.05, 0.1) is 6.61 Å². The fourth-order valence-electron chi connectivity index (χ4n) is 2.95. The number of benzene rings is 1. The van der Waals surface area contributed by atoms with Crippen molar-refractivity contribution in [3.05, 3.63) is 35.4 Å². The molecule has 0 radical (unpaired) electrons. The summed E-state index contributed by atoms with van der Waals surface area (Å²) in [6.45, 7) is 6.34. The Morgan fingerprint density at radius 3 is 2.91 bits per heavy atom. The predicted molar refractivity (Wildman–Crippen MR) is 82.5 cm³/mol. The number of morpholine rings is 1. The van der Waals surface area contributed by atoms with Crippen LogP contribution < -0.4 is 9.47 Å². The normalized spacial score (nSPS) is 21.3. The molecule has 0 unspecified atom stereocenters. The molecule has 7 nitrogen and oxygen atoms in total. The lowest BCUT2D eigenvalue weighted by molar-refractivity contribution is -0.0371. The number of nitrogens with one attached hydrogen (secondary N) is 1. The number of aryl methyl sites for hydroxylation is 1. The van der Waals surface area contributed by atoms with E-state index in [9.17, 15) is 0 Å². The van der Waals surface area contributed by atoms with Crippen molar-refractivity contribution in [1.82, 2.24) is 20.1 Å². The molecule has 2 aromatic rings. The van der Waals surface area contributed by atoms with Crippen LogP contribution in [0.3, 0.4) is 0 Å². The van der Waals surface area contributed by atoms with Gasteiger partial charge >= 0.3 is 0 Å². The molecule has 2 aliphatic rings. The second-order valence-electron chi connectivity index (χ2n) is 5.85. The van der Waals surface area contributed by atoms with E-state index in [1.165, 1.54) is 5.56 Å². The van der Waals surface area contributed by atoms with Crippen LogP contribution in [0.4, 0.5) is 0 Å². The van der Waals surface area contributed by atoms with Gasteiger partial charge in [0.25, 0.3) is 0 Å². The van der Waals surface area contributed by atoms with Crippen LogP contribution in [-0.2, 0) is 11.3 Å². The fraction of sp³-hybridized carbons (Fsp3) is 0.500. The van der Waals surface area contributed by atoms with E-state index >= 15 is 0 Å². The van der Waals surface area contributed by atoms with E-state index in [-0.39, 0.29) is 6.10 Å². The lowest BCUT2D eigenvalue weighted by Gasteiger charge is -2.31. The Kier molecular flexibility index (Phi) is 3.88. The van der Waals surface area contributed by atoms with E-state index in [0.717, 1.165) is 42.8 Å². The minimum Gasteiger partial charge on any atom is -0.486 e. The summed E-state index contributed by atoms with van der Waals surface area (Å²) in [7, 11) is 0. The van der Waals surface area contributed by atoms with Crippen molar-refractivity contribution in [2.24, 2.45) is 0 Å². The first-order chi connectivity index (χ1) is 11.3. The van der Waals surface area contributed by atoms with Gasteiger partial charge < -0.3 is 14.2 Å². The number of hydrogen-bond donors (Lipinski definition) is 1. The first kappa shape index (κ1) is 14.5. The summed E-state index contributed by atoms with van der Waals surface area (Å²) in [6, 6.07) is 6.14. The maximum Gasteiger partial charge on any atom is 0.180 e. The van der Waals surface area contributed by atoms with Gasteiger partial charge in [0.15, 0.2) is 17.3 Å². The number of rotatable bonds is 3. The zero-order valence-electron chi connectivity index (χ0n) is 13.1. The van der Waals surface area contributed by atoms with Crippen molar-refractivity contribution in [2.45, 2.75) is 19.6 Å². The van der Waals surface area contributed by atoms with Gasteiger partial charge in [-0.05, 0) is 24.6 Å². The van der Waals surface area contributed by atoms with Crippen molar-refractivity contribution in [2.75, 3.05) is 32.9 Å². The SMILES string of the molecule is Cc1nc([C@@H]2CN(Cc3ccc4c(c3)OCCO4)CCO2)n[nH]1. The standard InChI is InChI=1S/C16H20N4O3/c1-11-17-16(19-18-11)15-10-20(4-5-21-15)9-12-2-3-13-14(8-12)23-7-6-22-13/h2-3,8,15H,4-7,9-10H2,1H3,(H,17,18,19)/t15-/m0/s1. The molecule has 4 rings (SSSR count). The summed E-state index contributed by atoms with van der Waals surface area (Å²) in [4.78, 5) is 6.73. The average molecular weight is 316 g/mol. The first-order valence-corrected chi connectivity index (χ1v) is 7.89. The highest BCUT2D eigenvalue weighted by Gasteiger charge is 2.25. The first-order valence-electron chi connectivity index (χ1n) is 7.89. The number of aromatic amines is 1. The van der Waals surface area contributed by atoms with Crippen molar-refractivity contribution in [3.8, 4) is 11.5 Å². The largest absolute Gasteiger partial charge is 0.486 e. The van der Waals surface area contributed by atoms with E-state index < -0.39 is 0 Å². The van der Waals surface area contributed by atoms with Gasteiger partial charge in [-0.1, -0.05) is 6.07 Å². The van der Waals surface area contributed by atoms with E-state index in [0.29, 0.717) is 19.8 Å². The molecule has 122 valence electrons. The van der Waals surface area contributed by atoms with Crippen molar-refractivity contribution in [3.63, 3.8) is 0 Å². The monoisotopic (exact) mass is 316 g/mol. The average Bonchev–Trinajstić information content (AvgIpc) is 3.02. The van der Waals surface area contributed by atoms with Crippen LogP contribution in [0.15, 0.2) is 18.2 Å². The van der Waals surface area contributed by atoms with Crippen LogP contribution in [0.25, 0.3) is 0 Å². The third-order valence-electron chi connectivity index (χ3n) is 4.07. The van der Waals surface area contributed by atoms with Gasteiger partial charge in [0.2, 0.25) is 0 Å². The smallest absolute Gasteiger partial charge is 0.180 e. The molecule has 0 spiro atoms. The molecule has 1 saturated heterocycles. The van der Waals surface area contributed by atoms with Crippen LogP contribution in [-0.4, -0.2) is 53.0 Å². The van der Waals surface area contributed by atoms with E-state index in [1.54, 1.807) is 0 Å². The highest BCUT2D eigenvalue weighted by Crippen LogP contribution is 2.31. The quantitative estimate of drug-likeness (QED) is 0.924. The minimum atomic E-state index is -0.0779. The molecule has 3 heterocycles. The predicted octanol–water partition coefficient (Wildman–Crippen LogP) is 1.46. The molecule has 1 N–H and O–H groups in total. The number of ether oxygens (including phenoxy) is 3. The lowest BCUT2D eigenvalue weighted by atomic mass is 10.1. The molecule has 0 amide bonds. The van der Waals surface area contributed by atoms with E-state index in [4.69, 9.17) is 14.2 Å². The maximum atomic E-state index is 5.80. The number of H-pyrrole nitrogens is 1. The Morgan fingerprint density at radius 1 is 1.22 bits per heavy atom. The number of nitrogens with zero attached hydrogens (tertiary/aromatic N) is 3. The molecule has 1 aromatic heterocycles. The second-order valence-corrected chi connectivity index (χ2v) is 5.85. The van der Waals surface area contributed by atoms with E-state index in [1.807, 2.05) is 13.0 Å². The van der Waals surface area contributed by atoms with Gasteiger partial charge in [0, 0.05) is 19.6 Å². The number of fused-ring (bicyclic) bond motifs is 1.